The summed E-state index contributed by atoms with van der Waals surface area (Å²) >= 11 is 6.77. The minimum absolute atomic E-state index is 0.170. The predicted molar refractivity (Wildman–Crippen MR) is 134 cm³/mol. The second-order valence-electron chi connectivity index (χ2n) is 10.0. The fourth-order valence-corrected chi connectivity index (χ4v) is 5.89. The second kappa shape index (κ2) is 7.73. The number of nitrogens with zero attached hydrogens (tertiary/aromatic N) is 4. The molecule has 0 spiro atoms. The van der Waals surface area contributed by atoms with Crippen molar-refractivity contribution in [2.45, 2.75) is 50.6 Å². The molecular formula is C26H27ClN4O3. The van der Waals surface area contributed by atoms with Crippen molar-refractivity contribution in [3.63, 3.8) is 0 Å². The number of pyridine rings is 2. The molecule has 0 radical (unpaired) electrons. The average Bonchev–Trinajstić information content (AvgIpc) is 3.22. The average molecular weight is 479 g/mol. The van der Waals surface area contributed by atoms with E-state index in [1.807, 2.05) is 22.9 Å². The molecule has 1 aromatic carbocycles. The lowest BCUT2D eigenvalue weighted by molar-refractivity contribution is 0.0694. The highest BCUT2D eigenvalue weighted by atomic mass is 35.5. The molecule has 1 saturated heterocycles. The van der Waals surface area contributed by atoms with Crippen LogP contribution in [0.2, 0.25) is 5.02 Å². The number of carboxylic acids is 1. The highest BCUT2D eigenvalue weighted by Gasteiger charge is 2.41. The maximum Gasteiger partial charge on any atom is 0.341 e. The van der Waals surface area contributed by atoms with Gasteiger partial charge in [-0.25, -0.2) is 9.78 Å². The Labute approximate surface area is 202 Å². The van der Waals surface area contributed by atoms with E-state index in [-0.39, 0.29) is 17.1 Å². The van der Waals surface area contributed by atoms with Gasteiger partial charge in [0.2, 0.25) is 5.43 Å². The molecular weight excluding hydrogens is 452 g/mol. The van der Waals surface area contributed by atoms with Crippen molar-refractivity contribution in [3.05, 3.63) is 63.0 Å². The van der Waals surface area contributed by atoms with Gasteiger partial charge in [-0.2, -0.15) is 0 Å². The Morgan fingerprint density at radius 2 is 2.12 bits per heavy atom. The van der Waals surface area contributed by atoms with Crippen molar-refractivity contribution in [2.75, 3.05) is 29.4 Å². The Hall–Kier alpha value is -3.06. The van der Waals surface area contributed by atoms with Crippen LogP contribution in [0.15, 0.2) is 41.5 Å². The Morgan fingerprint density at radius 1 is 1.29 bits per heavy atom. The maximum absolute atomic E-state index is 13.0. The normalized spacial score (nSPS) is 20.7. The van der Waals surface area contributed by atoms with Gasteiger partial charge in [0.15, 0.2) is 0 Å². The van der Waals surface area contributed by atoms with Gasteiger partial charge in [0.25, 0.3) is 0 Å². The Bertz CT molecular complexity index is 1380. The van der Waals surface area contributed by atoms with Crippen LogP contribution in [0.3, 0.4) is 0 Å². The topological polar surface area (TPSA) is 78.7 Å². The predicted octanol–water partition coefficient (Wildman–Crippen LogP) is 4.29. The van der Waals surface area contributed by atoms with Crippen LogP contribution < -0.4 is 15.2 Å². The summed E-state index contributed by atoms with van der Waals surface area (Å²) in [5.74, 6) is -0.125. The number of carboxylic acid groups (broad SMARTS) is 1. The molecule has 0 bridgehead atoms. The summed E-state index contributed by atoms with van der Waals surface area (Å²) in [6.45, 7) is 4.85. The van der Waals surface area contributed by atoms with Crippen molar-refractivity contribution < 1.29 is 9.90 Å². The highest BCUT2D eigenvalue weighted by molar-refractivity contribution is 6.34. The first-order valence-corrected chi connectivity index (χ1v) is 12.3. The molecule has 0 unspecified atom stereocenters. The SMILES string of the molecule is CC1(n2cc(C(=O)O)c(=O)c3cc(Cl)c(N4CCC[C@@H]4CN4CCc5cccnc54)cc32)CC1. The second-order valence-corrected chi connectivity index (χ2v) is 10.4. The van der Waals surface area contributed by atoms with Crippen LogP contribution in [0.25, 0.3) is 10.9 Å². The Balaban J connectivity index is 1.41. The number of benzene rings is 1. The molecule has 2 aromatic heterocycles. The van der Waals surface area contributed by atoms with E-state index in [0.29, 0.717) is 10.4 Å². The zero-order valence-corrected chi connectivity index (χ0v) is 19.9. The van der Waals surface area contributed by atoms with E-state index in [2.05, 4.69) is 27.8 Å². The Kier molecular flexibility index (Phi) is 4.88. The first-order chi connectivity index (χ1) is 16.4. The largest absolute Gasteiger partial charge is 0.477 e. The lowest BCUT2D eigenvalue weighted by atomic mass is 10.1. The third kappa shape index (κ3) is 3.36. The van der Waals surface area contributed by atoms with Gasteiger partial charge in [-0.1, -0.05) is 17.7 Å². The molecule has 176 valence electrons. The number of hydrogen-bond acceptors (Lipinski definition) is 5. The molecule has 0 amide bonds. The van der Waals surface area contributed by atoms with Gasteiger partial charge in [-0.3, -0.25) is 4.79 Å². The number of carbonyl (C=O) groups is 1. The highest BCUT2D eigenvalue weighted by Crippen LogP contribution is 2.45. The quantitative estimate of drug-likeness (QED) is 0.589. The van der Waals surface area contributed by atoms with Crippen molar-refractivity contribution in [2.24, 2.45) is 0 Å². The van der Waals surface area contributed by atoms with E-state index < -0.39 is 11.4 Å². The minimum Gasteiger partial charge on any atom is -0.477 e. The van der Waals surface area contributed by atoms with Gasteiger partial charge in [-0.15, -0.1) is 0 Å². The summed E-state index contributed by atoms with van der Waals surface area (Å²) in [6.07, 6.45) is 8.44. The van der Waals surface area contributed by atoms with E-state index in [4.69, 9.17) is 11.6 Å². The number of aromatic nitrogens is 2. The first kappa shape index (κ1) is 21.5. The number of halogens is 1. The number of aromatic carboxylic acids is 1. The van der Waals surface area contributed by atoms with Crippen molar-refractivity contribution in [3.8, 4) is 0 Å². The number of hydrogen-bond donors (Lipinski definition) is 1. The smallest absolute Gasteiger partial charge is 0.341 e. The fraction of sp³-hybridized carbons (Fsp3) is 0.423. The maximum atomic E-state index is 13.0. The van der Waals surface area contributed by atoms with E-state index in [1.165, 1.54) is 11.8 Å². The van der Waals surface area contributed by atoms with Crippen LogP contribution in [0.1, 0.15) is 48.5 Å². The van der Waals surface area contributed by atoms with Crippen LogP contribution >= 0.6 is 11.6 Å². The molecule has 1 atom stereocenters. The summed E-state index contributed by atoms with van der Waals surface area (Å²) in [4.78, 5) is 34.1. The lowest BCUT2D eigenvalue weighted by Crippen LogP contribution is -2.40. The van der Waals surface area contributed by atoms with Crippen LogP contribution in [0, 0.1) is 0 Å². The molecule has 2 aliphatic heterocycles. The van der Waals surface area contributed by atoms with Crippen molar-refractivity contribution in [1.29, 1.82) is 0 Å². The van der Waals surface area contributed by atoms with Crippen molar-refractivity contribution >= 4 is 40.0 Å². The number of anilines is 2. The molecule has 1 aliphatic carbocycles. The van der Waals surface area contributed by atoms with Crippen LogP contribution in [-0.2, 0) is 12.0 Å². The summed E-state index contributed by atoms with van der Waals surface area (Å²) in [5.41, 5.74) is 2.12. The summed E-state index contributed by atoms with van der Waals surface area (Å²) < 4.78 is 1.98. The van der Waals surface area contributed by atoms with Gasteiger partial charge in [0.05, 0.1) is 16.2 Å². The number of rotatable bonds is 5. The molecule has 2 fully saturated rings. The molecule has 3 aromatic rings. The molecule has 4 heterocycles. The Morgan fingerprint density at radius 3 is 2.88 bits per heavy atom. The zero-order chi connectivity index (χ0) is 23.6. The van der Waals surface area contributed by atoms with Gasteiger partial charge >= 0.3 is 5.97 Å². The van der Waals surface area contributed by atoms with E-state index in [0.717, 1.165) is 68.8 Å². The van der Waals surface area contributed by atoms with E-state index in [1.54, 1.807) is 6.07 Å². The molecule has 1 N–H and O–H groups in total. The van der Waals surface area contributed by atoms with Crippen LogP contribution in [0.4, 0.5) is 11.5 Å². The standard InChI is InChI=1S/C26H27ClN4O3/c1-26(7-8-26)31-15-19(25(33)34)23(32)18-12-20(27)22(13-21(18)31)30-10-3-5-17(30)14-29-11-6-16-4-2-9-28-24(16)29/h2,4,9,12-13,15,17H,3,5-8,10-11,14H2,1H3,(H,33,34)/t17-/m1/s1. The molecule has 7 nitrogen and oxygen atoms in total. The van der Waals surface area contributed by atoms with Crippen LogP contribution in [-0.4, -0.2) is 46.3 Å². The zero-order valence-electron chi connectivity index (χ0n) is 19.1. The first-order valence-electron chi connectivity index (χ1n) is 11.9. The van der Waals surface area contributed by atoms with E-state index >= 15 is 0 Å². The lowest BCUT2D eigenvalue weighted by Gasteiger charge is -2.32. The van der Waals surface area contributed by atoms with Gasteiger partial charge in [0, 0.05) is 49.0 Å². The fourth-order valence-electron chi connectivity index (χ4n) is 5.62. The molecule has 34 heavy (non-hydrogen) atoms. The monoisotopic (exact) mass is 478 g/mol. The molecule has 3 aliphatic rings. The minimum atomic E-state index is -1.20. The van der Waals surface area contributed by atoms with E-state index in [9.17, 15) is 14.7 Å². The van der Waals surface area contributed by atoms with Crippen molar-refractivity contribution in [1.82, 2.24) is 9.55 Å². The number of fused-ring (bicyclic) bond motifs is 2. The summed E-state index contributed by atoms with van der Waals surface area (Å²) in [6, 6.07) is 8.11. The third-order valence-electron chi connectivity index (χ3n) is 7.79. The van der Waals surface area contributed by atoms with Gasteiger partial charge in [-0.05, 0) is 62.8 Å². The van der Waals surface area contributed by atoms with Gasteiger partial charge < -0.3 is 19.5 Å². The third-order valence-corrected chi connectivity index (χ3v) is 8.10. The molecule has 6 rings (SSSR count). The van der Waals surface area contributed by atoms with Gasteiger partial charge in [0.1, 0.15) is 11.4 Å². The molecule has 8 heteroatoms. The summed E-state index contributed by atoms with van der Waals surface area (Å²) in [5, 5.41) is 10.5. The molecule has 1 saturated carbocycles. The summed E-state index contributed by atoms with van der Waals surface area (Å²) in [7, 11) is 0. The van der Waals surface area contributed by atoms with Crippen LogP contribution in [0.5, 0.6) is 0 Å².